The van der Waals surface area contributed by atoms with Gasteiger partial charge in [0.1, 0.15) is 35.6 Å². The Balaban J connectivity index is 1.64. The molecule has 0 amide bonds. The highest BCUT2D eigenvalue weighted by atomic mass is 35.5. The van der Waals surface area contributed by atoms with E-state index in [2.05, 4.69) is 23.1 Å². The molecule has 0 saturated carbocycles. The van der Waals surface area contributed by atoms with Gasteiger partial charge in [0.25, 0.3) is 0 Å². The average molecular weight is 512 g/mol. The van der Waals surface area contributed by atoms with Crippen LogP contribution in [-0.4, -0.2) is 53.0 Å². The largest absolute Gasteiger partial charge is 0.490 e. The first-order valence-corrected chi connectivity index (χ1v) is 12.7. The fourth-order valence-electron chi connectivity index (χ4n) is 2.65. The lowest BCUT2D eigenvalue weighted by atomic mass is 10.2. The van der Waals surface area contributed by atoms with Crippen molar-refractivity contribution in [2.75, 3.05) is 6.61 Å². The van der Waals surface area contributed by atoms with E-state index in [1.807, 2.05) is 0 Å². The zero-order valence-electron chi connectivity index (χ0n) is 14.5. The Morgan fingerprint density at radius 1 is 1.20 bits per heavy atom. The Kier molecular flexibility index (Phi) is 6.86. The van der Waals surface area contributed by atoms with Crippen LogP contribution in [0.1, 0.15) is 12.6 Å². The number of nitrogens with zero attached hydrogens (tertiary/aromatic N) is 3. The van der Waals surface area contributed by atoms with Crippen molar-refractivity contribution in [3.05, 3.63) is 23.7 Å². The minimum absolute atomic E-state index is 0.178. The van der Waals surface area contributed by atoms with E-state index in [1.54, 1.807) is 6.07 Å². The zero-order valence-corrected chi connectivity index (χ0v) is 17.9. The molecule has 168 valence electrons. The molecule has 4 N–H and O–H groups in total. The van der Waals surface area contributed by atoms with Crippen LogP contribution in [0.3, 0.4) is 0 Å². The fraction of sp³-hybridized carbons (Fsp3) is 0.455. The number of alkyl halides is 1. The highest BCUT2D eigenvalue weighted by Crippen LogP contribution is 2.66. The summed E-state index contributed by atoms with van der Waals surface area (Å²) < 4.78 is 66.4. The number of halogens is 2. The summed E-state index contributed by atoms with van der Waals surface area (Å²) in [7, 11) is -16.6. The molecule has 3 rings (SSSR count). The van der Waals surface area contributed by atoms with E-state index in [-0.39, 0.29) is 11.6 Å². The monoisotopic (exact) mass is 511 g/mol. The van der Waals surface area contributed by atoms with Crippen molar-refractivity contribution >= 4 is 46.1 Å². The van der Waals surface area contributed by atoms with E-state index in [9.17, 15) is 23.0 Å². The molecule has 30 heavy (non-hydrogen) atoms. The summed E-state index contributed by atoms with van der Waals surface area (Å²) in [4.78, 5) is 43.4. The number of ether oxygens (including phenoxy) is 1. The molecule has 1 fully saturated rings. The highest BCUT2D eigenvalue weighted by Gasteiger charge is 2.43. The smallest absolute Gasteiger partial charge is 0.349 e. The van der Waals surface area contributed by atoms with Crippen molar-refractivity contribution in [1.82, 2.24) is 14.5 Å². The van der Waals surface area contributed by atoms with Gasteiger partial charge in [-0.05, 0) is 6.07 Å². The van der Waals surface area contributed by atoms with Crippen LogP contribution in [-0.2, 0) is 31.6 Å². The highest BCUT2D eigenvalue weighted by molar-refractivity contribution is 7.66. The molecule has 0 radical (unpaired) electrons. The van der Waals surface area contributed by atoms with Gasteiger partial charge in [-0.15, -0.1) is 0 Å². The topological polar surface area (TPSA) is 200 Å². The van der Waals surface area contributed by atoms with Gasteiger partial charge >= 0.3 is 23.5 Å². The molecular formula is C11H14ClFN3O11P3. The van der Waals surface area contributed by atoms with Gasteiger partial charge in [-0.1, -0.05) is 11.6 Å². The van der Waals surface area contributed by atoms with Gasteiger partial charge in [0.2, 0.25) is 0 Å². The molecule has 1 aliphatic heterocycles. The number of aromatic nitrogens is 3. The third-order valence-electron chi connectivity index (χ3n) is 3.75. The third kappa shape index (κ3) is 5.92. The van der Waals surface area contributed by atoms with Gasteiger partial charge in [-0.2, -0.15) is 8.62 Å². The minimum atomic E-state index is -5.66. The molecule has 1 aliphatic rings. The van der Waals surface area contributed by atoms with Crippen LogP contribution in [0.4, 0.5) is 4.39 Å². The molecule has 0 bridgehead atoms. The molecule has 2 unspecified atom stereocenters. The van der Waals surface area contributed by atoms with E-state index in [4.69, 9.17) is 31.0 Å². The van der Waals surface area contributed by atoms with E-state index in [0.717, 1.165) is 0 Å². The molecule has 1 saturated heterocycles. The first-order chi connectivity index (χ1) is 13.8. The summed E-state index contributed by atoms with van der Waals surface area (Å²) in [5.41, 5.74) is 0.362. The van der Waals surface area contributed by atoms with Crippen molar-refractivity contribution < 1.29 is 55.5 Å². The van der Waals surface area contributed by atoms with Crippen LogP contribution in [0.5, 0.6) is 0 Å². The second-order valence-corrected chi connectivity index (χ2v) is 10.7. The van der Waals surface area contributed by atoms with Crippen LogP contribution in [0.2, 0.25) is 5.15 Å². The number of hydrogen-bond acceptors (Lipinski definition) is 9. The SMILES string of the molecule is O=P(O)(O)OP(=O)(O)OP(=O)(O)OC[C@H]1O[C@@H](n2ccc3c(Cl)ncnc32)C[C@@H]1F. The van der Waals surface area contributed by atoms with E-state index in [1.165, 1.54) is 17.1 Å². The summed E-state index contributed by atoms with van der Waals surface area (Å²) in [6.45, 7) is -0.893. The Bertz CT molecular complexity index is 1080. The van der Waals surface area contributed by atoms with Crippen LogP contribution in [0.25, 0.3) is 11.0 Å². The van der Waals surface area contributed by atoms with Gasteiger partial charge in [0.15, 0.2) is 0 Å². The van der Waals surface area contributed by atoms with E-state index >= 15 is 0 Å². The quantitative estimate of drug-likeness (QED) is 0.297. The molecular weight excluding hydrogens is 498 g/mol. The number of phosphoric ester groups is 1. The summed E-state index contributed by atoms with van der Waals surface area (Å²) in [6.07, 6.45) is -1.37. The molecule has 3 heterocycles. The van der Waals surface area contributed by atoms with Crippen LogP contribution in [0.15, 0.2) is 18.6 Å². The standard InChI is InChI=1S/C11H14ClFN3O11P3/c12-10-6-1-2-16(11(6)15-5-14-10)9-3-7(13)8(25-9)4-24-29(20,21)27-30(22,23)26-28(17,18)19/h1-2,5,7-9H,3-4H2,(H,20,21)(H,22,23)(H2,17,18,19)/t7-,8+,9+/m0/s1. The van der Waals surface area contributed by atoms with Gasteiger partial charge in [-0.3, -0.25) is 4.52 Å². The van der Waals surface area contributed by atoms with Gasteiger partial charge in [0.05, 0.1) is 12.0 Å². The molecule has 14 nitrogen and oxygen atoms in total. The first kappa shape index (κ1) is 23.9. The Morgan fingerprint density at radius 3 is 2.57 bits per heavy atom. The van der Waals surface area contributed by atoms with Crippen molar-refractivity contribution in [3.8, 4) is 0 Å². The van der Waals surface area contributed by atoms with Crippen molar-refractivity contribution in [3.63, 3.8) is 0 Å². The summed E-state index contributed by atoms with van der Waals surface area (Å²) in [5.74, 6) is 0. The molecule has 2 aromatic rings. The van der Waals surface area contributed by atoms with E-state index < -0.39 is 48.6 Å². The molecule has 0 aromatic carbocycles. The predicted molar refractivity (Wildman–Crippen MR) is 95.8 cm³/mol. The first-order valence-electron chi connectivity index (χ1n) is 7.81. The number of phosphoric acid groups is 3. The molecule has 2 aromatic heterocycles. The Morgan fingerprint density at radius 2 is 1.90 bits per heavy atom. The second-order valence-electron chi connectivity index (χ2n) is 5.89. The van der Waals surface area contributed by atoms with Gasteiger partial charge in [0, 0.05) is 12.6 Å². The lowest BCUT2D eigenvalue weighted by Gasteiger charge is -2.19. The van der Waals surface area contributed by atoms with Crippen LogP contribution in [0, 0.1) is 0 Å². The fourth-order valence-corrected chi connectivity index (χ4v) is 5.87. The lowest BCUT2D eigenvalue weighted by molar-refractivity contribution is -0.0315. The summed E-state index contributed by atoms with van der Waals surface area (Å²) >= 11 is 5.95. The maximum absolute atomic E-state index is 14.3. The van der Waals surface area contributed by atoms with Crippen LogP contribution < -0.4 is 0 Å². The Hall–Kier alpha value is -0.790. The van der Waals surface area contributed by atoms with Crippen molar-refractivity contribution in [2.45, 2.75) is 24.9 Å². The third-order valence-corrected chi connectivity index (χ3v) is 7.85. The normalized spacial score (nSPS) is 26.5. The van der Waals surface area contributed by atoms with E-state index in [0.29, 0.717) is 11.0 Å². The minimum Gasteiger partial charge on any atom is -0.349 e. The van der Waals surface area contributed by atoms with Gasteiger partial charge < -0.3 is 28.9 Å². The van der Waals surface area contributed by atoms with Gasteiger partial charge in [-0.25, -0.2) is 28.1 Å². The number of hydrogen-bond donors (Lipinski definition) is 4. The Labute approximate surface area is 172 Å². The van der Waals surface area contributed by atoms with Crippen molar-refractivity contribution in [2.24, 2.45) is 0 Å². The maximum atomic E-state index is 14.3. The summed E-state index contributed by atoms with van der Waals surface area (Å²) in [5, 5.41) is 0.674. The molecule has 0 spiro atoms. The second kappa shape index (κ2) is 8.62. The summed E-state index contributed by atoms with van der Waals surface area (Å²) in [6, 6.07) is 1.59. The maximum Gasteiger partial charge on any atom is 0.490 e. The number of fused-ring (bicyclic) bond motifs is 1. The molecule has 19 heteroatoms. The lowest BCUT2D eigenvalue weighted by Crippen LogP contribution is -2.23. The predicted octanol–water partition coefficient (Wildman–Crippen LogP) is 2.05. The molecule has 0 aliphatic carbocycles. The average Bonchev–Trinajstić information content (AvgIpc) is 3.14. The van der Waals surface area contributed by atoms with Crippen LogP contribution >= 0.6 is 35.1 Å². The zero-order chi connectivity index (χ0) is 22.3. The van der Waals surface area contributed by atoms with Crippen molar-refractivity contribution in [1.29, 1.82) is 0 Å². The number of rotatable bonds is 8. The molecule has 5 atom stereocenters.